The summed E-state index contributed by atoms with van der Waals surface area (Å²) in [6.45, 7) is 0.491. The third-order valence-corrected chi connectivity index (χ3v) is 3.18. The number of nitrogens with zero attached hydrogens (tertiary/aromatic N) is 1. The Bertz CT molecular complexity index is 479. The van der Waals surface area contributed by atoms with Crippen molar-refractivity contribution in [3.05, 3.63) is 29.8 Å². The van der Waals surface area contributed by atoms with Crippen molar-refractivity contribution in [1.82, 2.24) is 4.90 Å². The number of carbonyl (C=O) groups is 2. The van der Waals surface area contributed by atoms with E-state index in [1.165, 1.54) is 4.90 Å². The summed E-state index contributed by atoms with van der Waals surface area (Å²) in [6.07, 6.45) is 2.21. The van der Waals surface area contributed by atoms with E-state index in [4.69, 9.17) is 10.8 Å². The molecule has 1 amide bonds. The van der Waals surface area contributed by atoms with Crippen LogP contribution in [0.5, 0.6) is 0 Å². The minimum Gasteiger partial charge on any atom is -0.480 e. The largest absolute Gasteiger partial charge is 0.480 e. The summed E-state index contributed by atoms with van der Waals surface area (Å²) in [7, 11) is 0. The Balaban J connectivity index is 0.00000180. The first kappa shape index (κ1) is 15.3. The minimum atomic E-state index is -0.938. The molecule has 3 N–H and O–H groups in total. The second-order valence-corrected chi connectivity index (χ2v) is 4.47. The Labute approximate surface area is 117 Å². The number of nitrogens with two attached hydrogens (primary N) is 1. The monoisotopic (exact) mass is 284 g/mol. The maximum atomic E-state index is 12.3. The van der Waals surface area contributed by atoms with Crippen molar-refractivity contribution in [2.75, 3.05) is 12.3 Å². The molecule has 1 unspecified atom stereocenters. The molecule has 0 bridgehead atoms. The first-order valence-corrected chi connectivity index (χ1v) is 5.99. The van der Waals surface area contributed by atoms with Gasteiger partial charge in [-0.05, 0) is 37.5 Å². The highest BCUT2D eigenvalue weighted by atomic mass is 35.5. The number of likely N-dealkylation sites (tertiary alicyclic amines) is 1. The van der Waals surface area contributed by atoms with Gasteiger partial charge in [-0.3, -0.25) is 4.79 Å². The van der Waals surface area contributed by atoms with Crippen LogP contribution in [0.15, 0.2) is 24.3 Å². The van der Waals surface area contributed by atoms with Crippen molar-refractivity contribution in [3.63, 3.8) is 0 Å². The standard InChI is InChI=1S/C13H16N2O3.ClH/c14-10-5-3-4-9(8-10)12(16)15-7-2-1-6-11(15)13(17)18;/h3-5,8,11H,1-2,6-7,14H2,(H,17,18);1H. The van der Waals surface area contributed by atoms with Crippen molar-refractivity contribution in [2.24, 2.45) is 0 Å². The molecule has 1 aliphatic heterocycles. The molecule has 2 rings (SSSR count). The highest BCUT2D eigenvalue weighted by Gasteiger charge is 2.32. The maximum Gasteiger partial charge on any atom is 0.326 e. The third kappa shape index (κ3) is 3.38. The lowest BCUT2D eigenvalue weighted by Gasteiger charge is -2.33. The van der Waals surface area contributed by atoms with E-state index in [0.717, 1.165) is 12.8 Å². The topological polar surface area (TPSA) is 83.6 Å². The van der Waals surface area contributed by atoms with Crippen molar-refractivity contribution in [1.29, 1.82) is 0 Å². The first-order valence-electron chi connectivity index (χ1n) is 5.99. The van der Waals surface area contributed by atoms with Gasteiger partial charge in [0.05, 0.1) is 0 Å². The third-order valence-electron chi connectivity index (χ3n) is 3.18. The molecular weight excluding hydrogens is 268 g/mol. The second-order valence-electron chi connectivity index (χ2n) is 4.47. The average Bonchev–Trinajstić information content (AvgIpc) is 2.38. The summed E-state index contributed by atoms with van der Waals surface area (Å²) in [5.41, 5.74) is 6.59. The molecule has 104 valence electrons. The molecule has 1 aromatic rings. The van der Waals surface area contributed by atoms with Gasteiger partial charge in [-0.1, -0.05) is 6.07 Å². The van der Waals surface area contributed by atoms with E-state index in [9.17, 15) is 9.59 Å². The number of carbonyl (C=O) groups excluding carboxylic acids is 1. The SMILES string of the molecule is Cl.Nc1cccc(C(=O)N2CCCCC2C(=O)O)c1. The number of amides is 1. The molecule has 1 aromatic carbocycles. The molecule has 6 heteroatoms. The fourth-order valence-corrected chi connectivity index (χ4v) is 2.27. The van der Waals surface area contributed by atoms with Crippen molar-refractivity contribution >= 4 is 30.0 Å². The van der Waals surface area contributed by atoms with Crippen LogP contribution in [-0.4, -0.2) is 34.5 Å². The van der Waals surface area contributed by atoms with Crippen LogP contribution in [0.4, 0.5) is 5.69 Å². The highest BCUT2D eigenvalue weighted by Crippen LogP contribution is 2.20. The van der Waals surface area contributed by atoms with Gasteiger partial charge < -0.3 is 15.7 Å². The van der Waals surface area contributed by atoms with E-state index in [2.05, 4.69) is 0 Å². The van der Waals surface area contributed by atoms with Crippen LogP contribution < -0.4 is 5.73 Å². The van der Waals surface area contributed by atoms with E-state index in [1.54, 1.807) is 24.3 Å². The number of aliphatic carboxylic acids is 1. The van der Waals surface area contributed by atoms with E-state index < -0.39 is 12.0 Å². The quantitative estimate of drug-likeness (QED) is 0.811. The molecule has 1 aliphatic rings. The van der Waals surface area contributed by atoms with Gasteiger partial charge in [0.1, 0.15) is 6.04 Å². The van der Waals surface area contributed by atoms with Gasteiger partial charge in [0.2, 0.25) is 0 Å². The van der Waals surface area contributed by atoms with Gasteiger partial charge in [-0.2, -0.15) is 0 Å². The molecule has 1 saturated heterocycles. The number of hydrogen-bond donors (Lipinski definition) is 2. The lowest BCUT2D eigenvalue weighted by atomic mass is 10.0. The van der Waals surface area contributed by atoms with E-state index in [1.807, 2.05) is 0 Å². The predicted octanol–water partition coefficient (Wildman–Crippen LogP) is 1.77. The normalized spacial score (nSPS) is 18.5. The van der Waals surface area contributed by atoms with E-state index in [0.29, 0.717) is 24.2 Å². The fraction of sp³-hybridized carbons (Fsp3) is 0.385. The highest BCUT2D eigenvalue weighted by molar-refractivity contribution is 5.97. The van der Waals surface area contributed by atoms with Crippen molar-refractivity contribution in [3.8, 4) is 0 Å². The maximum absolute atomic E-state index is 12.3. The van der Waals surface area contributed by atoms with Gasteiger partial charge in [0, 0.05) is 17.8 Å². The number of piperidine rings is 1. The number of halogens is 1. The number of carboxylic acid groups (broad SMARTS) is 1. The number of anilines is 1. The van der Waals surface area contributed by atoms with Crippen LogP contribution in [0.25, 0.3) is 0 Å². The van der Waals surface area contributed by atoms with Gasteiger partial charge in [0.15, 0.2) is 0 Å². The number of benzene rings is 1. The lowest BCUT2D eigenvalue weighted by Crippen LogP contribution is -2.47. The fourth-order valence-electron chi connectivity index (χ4n) is 2.27. The smallest absolute Gasteiger partial charge is 0.326 e. The predicted molar refractivity (Wildman–Crippen MR) is 74.4 cm³/mol. The Hall–Kier alpha value is -1.75. The van der Waals surface area contributed by atoms with Crippen LogP contribution in [0.1, 0.15) is 29.6 Å². The molecule has 19 heavy (non-hydrogen) atoms. The molecule has 0 saturated carbocycles. The van der Waals surface area contributed by atoms with Crippen LogP contribution >= 0.6 is 12.4 Å². The van der Waals surface area contributed by atoms with Gasteiger partial charge in [0.25, 0.3) is 5.91 Å². The van der Waals surface area contributed by atoms with Gasteiger partial charge in [-0.15, -0.1) is 12.4 Å². The summed E-state index contributed by atoms with van der Waals surface area (Å²) in [6, 6.07) is 5.92. The van der Waals surface area contributed by atoms with E-state index in [-0.39, 0.29) is 18.3 Å². The first-order chi connectivity index (χ1) is 8.59. The molecule has 0 aromatic heterocycles. The van der Waals surface area contributed by atoms with Gasteiger partial charge >= 0.3 is 5.97 Å². The second kappa shape index (κ2) is 6.43. The van der Waals surface area contributed by atoms with Crippen LogP contribution in [-0.2, 0) is 4.79 Å². The lowest BCUT2D eigenvalue weighted by molar-refractivity contribution is -0.143. The summed E-state index contributed by atoms with van der Waals surface area (Å²) in [4.78, 5) is 24.9. The zero-order chi connectivity index (χ0) is 13.1. The van der Waals surface area contributed by atoms with Crippen LogP contribution in [0.2, 0.25) is 0 Å². The van der Waals surface area contributed by atoms with Crippen LogP contribution in [0.3, 0.4) is 0 Å². The summed E-state index contributed by atoms with van der Waals surface area (Å²) in [5, 5.41) is 9.14. The average molecular weight is 285 g/mol. The summed E-state index contributed by atoms with van der Waals surface area (Å²) >= 11 is 0. The molecule has 1 atom stereocenters. The Morgan fingerprint density at radius 1 is 1.32 bits per heavy atom. The van der Waals surface area contributed by atoms with Crippen molar-refractivity contribution < 1.29 is 14.7 Å². The number of nitrogen functional groups attached to an aromatic ring is 1. The van der Waals surface area contributed by atoms with Crippen molar-refractivity contribution in [2.45, 2.75) is 25.3 Å². The zero-order valence-electron chi connectivity index (χ0n) is 10.4. The molecule has 5 nitrogen and oxygen atoms in total. The Morgan fingerprint density at radius 2 is 2.05 bits per heavy atom. The number of carboxylic acids is 1. The number of hydrogen-bond acceptors (Lipinski definition) is 3. The Morgan fingerprint density at radius 3 is 2.68 bits per heavy atom. The number of rotatable bonds is 2. The zero-order valence-corrected chi connectivity index (χ0v) is 11.2. The Kier molecular flexibility index (Phi) is 5.18. The molecule has 1 heterocycles. The summed E-state index contributed by atoms with van der Waals surface area (Å²) in [5.74, 6) is -1.19. The molecular formula is C13H17ClN2O3. The van der Waals surface area contributed by atoms with E-state index >= 15 is 0 Å². The summed E-state index contributed by atoms with van der Waals surface area (Å²) < 4.78 is 0. The van der Waals surface area contributed by atoms with Crippen LogP contribution in [0, 0.1) is 0 Å². The minimum absolute atomic E-state index is 0. The molecule has 0 radical (unpaired) electrons. The van der Waals surface area contributed by atoms with Gasteiger partial charge in [-0.25, -0.2) is 4.79 Å². The molecule has 1 fully saturated rings. The molecule has 0 spiro atoms. The molecule has 0 aliphatic carbocycles.